The molecule has 0 rings (SSSR count). The van der Waals surface area contributed by atoms with Crippen LogP contribution in [0.4, 0.5) is 0 Å². The summed E-state index contributed by atoms with van der Waals surface area (Å²) >= 11 is 13.2. The fourth-order valence-electron chi connectivity index (χ4n) is 2.27. The Labute approximate surface area is 135 Å². The Balaban J connectivity index is 5.10. The zero-order chi connectivity index (χ0) is 16.2. The van der Waals surface area contributed by atoms with Crippen LogP contribution in [0.2, 0.25) is 0 Å². The zero-order valence-electron chi connectivity index (χ0n) is 14.5. The third-order valence-electron chi connectivity index (χ3n) is 3.09. The lowest BCUT2D eigenvalue weighted by atomic mass is 9.86. The summed E-state index contributed by atoms with van der Waals surface area (Å²) < 4.78 is 0. The van der Waals surface area contributed by atoms with Crippen LogP contribution in [0.25, 0.3) is 0 Å². The maximum atomic E-state index is 6.62. The molecular formula is C16H32Cl2N2. The highest BCUT2D eigenvalue weighted by atomic mass is 35.5. The van der Waals surface area contributed by atoms with Gasteiger partial charge in [-0.3, -0.25) is 0 Å². The average molecular weight is 323 g/mol. The van der Waals surface area contributed by atoms with Crippen LogP contribution in [-0.2, 0) is 0 Å². The molecule has 0 aliphatic carbocycles. The van der Waals surface area contributed by atoms with Crippen molar-refractivity contribution < 1.29 is 0 Å². The number of hydrogen-bond acceptors (Lipinski definition) is 2. The highest BCUT2D eigenvalue weighted by molar-refractivity contribution is 6.24. The number of halogens is 2. The molecule has 0 saturated carbocycles. The molecule has 0 saturated heterocycles. The topological polar surface area (TPSA) is 24.7 Å². The van der Waals surface area contributed by atoms with Gasteiger partial charge in [0.2, 0.25) is 0 Å². The van der Waals surface area contributed by atoms with Gasteiger partial charge in [0.15, 0.2) is 10.00 Å². The van der Waals surface area contributed by atoms with Gasteiger partial charge >= 0.3 is 0 Å². The summed E-state index contributed by atoms with van der Waals surface area (Å²) in [5.41, 5.74) is 0.226. The van der Waals surface area contributed by atoms with Crippen molar-refractivity contribution in [3.63, 3.8) is 0 Å². The summed E-state index contributed by atoms with van der Waals surface area (Å²) in [6, 6.07) is 0. The maximum Gasteiger partial charge on any atom is 0.155 e. The quantitative estimate of drug-likeness (QED) is 0.285. The van der Waals surface area contributed by atoms with Crippen LogP contribution >= 0.6 is 23.2 Å². The predicted molar refractivity (Wildman–Crippen MR) is 90.8 cm³/mol. The van der Waals surface area contributed by atoms with E-state index in [2.05, 4.69) is 51.8 Å². The third-order valence-corrected chi connectivity index (χ3v) is 4.05. The SMILES string of the molecule is CCC(Cl)(CC(C)(C)C)/N=N/C(Cl)(CC)CC(C)(C)C. The number of rotatable bonds is 6. The van der Waals surface area contributed by atoms with E-state index in [-0.39, 0.29) is 10.8 Å². The van der Waals surface area contributed by atoms with E-state index in [0.717, 1.165) is 25.7 Å². The Morgan fingerprint density at radius 3 is 1.05 bits per heavy atom. The van der Waals surface area contributed by atoms with Crippen molar-refractivity contribution >= 4 is 23.2 Å². The molecule has 0 radical (unpaired) electrons. The number of alkyl halides is 2. The molecule has 0 N–H and O–H groups in total. The third kappa shape index (κ3) is 8.46. The molecule has 0 spiro atoms. The summed E-state index contributed by atoms with van der Waals surface area (Å²) in [4.78, 5) is -1.29. The predicted octanol–water partition coefficient (Wildman–Crippen LogP) is 7.00. The molecule has 20 heavy (non-hydrogen) atoms. The first-order chi connectivity index (χ1) is 8.74. The molecule has 0 aromatic rings. The smallest absolute Gasteiger partial charge is 0.155 e. The number of hydrogen-bond donors (Lipinski definition) is 0. The van der Waals surface area contributed by atoms with Crippen LogP contribution in [0.3, 0.4) is 0 Å². The van der Waals surface area contributed by atoms with Gasteiger partial charge in [0, 0.05) is 0 Å². The van der Waals surface area contributed by atoms with Gasteiger partial charge in [-0.15, -0.1) is 0 Å². The lowest BCUT2D eigenvalue weighted by Gasteiger charge is -2.32. The number of azo groups is 1. The van der Waals surface area contributed by atoms with Crippen molar-refractivity contribution in [2.45, 2.75) is 91.1 Å². The van der Waals surface area contributed by atoms with Gasteiger partial charge in [0.1, 0.15) is 0 Å². The molecule has 0 bridgehead atoms. The lowest BCUT2D eigenvalue weighted by molar-refractivity contribution is 0.280. The molecular weight excluding hydrogens is 291 g/mol. The molecule has 120 valence electrons. The molecule has 0 aliphatic rings. The summed E-state index contributed by atoms with van der Waals surface area (Å²) in [7, 11) is 0. The highest BCUT2D eigenvalue weighted by Crippen LogP contribution is 2.40. The van der Waals surface area contributed by atoms with E-state index in [1.54, 1.807) is 0 Å². The molecule has 0 fully saturated rings. The van der Waals surface area contributed by atoms with Crippen LogP contribution in [0, 0.1) is 10.8 Å². The van der Waals surface area contributed by atoms with Crippen molar-refractivity contribution in [2.75, 3.05) is 0 Å². The minimum absolute atomic E-state index is 0.113. The Bertz CT molecular complexity index is 296. The van der Waals surface area contributed by atoms with Gasteiger partial charge in [-0.1, -0.05) is 78.6 Å². The lowest BCUT2D eigenvalue weighted by Crippen LogP contribution is -2.28. The molecule has 2 unspecified atom stereocenters. The van der Waals surface area contributed by atoms with Gasteiger partial charge in [0.25, 0.3) is 0 Å². The fourth-order valence-corrected chi connectivity index (χ4v) is 3.14. The van der Waals surface area contributed by atoms with Gasteiger partial charge < -0.3 is 0 Å². The summed E-state index contributed by atoms with van der Waals surface area (Å²) in [5.74, 6) is 0. The molecule has 4 heteroatoms. The second-order valence-corrected chi connectivity index (χ2v) is 9.63. The highest BCUT2D eigenvalue weighted by Gasteiger charge is 2.35. The first-order valence-corrected chi connectivity index (χ1v) is 8.32. The Morgan fingerprint density at radius 1 is 0.650 bits per heavy atom. The largest absolute Gasteiger partial charge is 0.169 e. The van der Waals surface area contributed by atoms with Crippen molar-refractivity contribution in [3.05, 3.63) is 0 Å². The normalized spacial score (nSPS) is 19.9. The first kappa shape index (κ1) is 20.2. The maximum absolute atomic E-state index is 6.62. The average Bonchev–Trinajstić information content (AvgIpc) is 2.22. The van der Waals surface area contributed by atoms with E-state index >= 15 is 0 Å². The zero-order valence-corrected chi connectivity index (χ0v) is 16.0. The van der Waals surface area contributed by atoms with Crippen LogP contribution < -0.4 is 0 Å². The number of nitrogens with zero attached hydrogens (tertiary/aromatic N) is 2. The summed E-state index contributed by atoms with van der Waals surface area (Å²) in [6.45, 7) is 17.1. The van der Waals surface area contributed by atoms with Crippen LogP contribution in [0.5, 0.6) is 0 Å². The monoisotopic (exact) mass is 322 g/mol. The standard InChI is InChI=1S/C16H32Cl2N2/c1-9-15(17,11-13(3,4)5)19-20-16(18,10-2)12-14(6,7)8/h9-12H2,1-8H3/b20-19+. The van der Waals surface area contributed by atoms with E-state index in [0.29, 0.717) is 0 Å². The molecule has 2 nitrogen and oxygen atoms in total. The molecule has 0 aromatic heterocycles. The second kappa shape index (κ2) is 6.96. The minimum Gasteiger partial charge on any atom is -0.169 e. The molecule has 0 aliphatic heterocycles. The van der Waals surface area contributed by atoms with E-state index < -0.39 is 10.00 Å². The van der Waals surface area contributed by atoms with Crippen LogP contribution in [-0.4, -0.2) is 10.00 Å². The Kier molecular flexibility index (Phi) is 7.02. The van der Waals surface area contributed by atoms with E-state index in [4.69, 9.17) is 23.2 Å². The minimum atomic E-state index is -0.647. The van der Waals surface area contributed by atoms with E-state index in [9.17, 15) is 0 Å². The van der Waals surface area contributed by atoms with Crippen molar-refractivity contribution in [1.82, 2.24) is 0 Å². The molecule has 0 aromatic carbocycles. The Morgan fingerprint density at radius 2 is 0.900 bits per heavy atom. The van der Waals surface area contributed by atoms with Gasteiger partial charge in [0.05, 0.1) is 0 Å². The van der Waals surface area contributed by atoms with Gasteiger partial charge in [-0.2, -0.15) is 10.2 Å². The van der Waals surface area contributed by atoms with Gasteiger partial charge in [-0.05, 0) is 36.5 Å². The summed E-state index contributed by atoms with van der Waals surface area (Å²) in [5, 5.41) is 8.89. The van der Waals surface area contributed by atoms with E-state index in [1.165, 1.54) is 0 Å². The van der Waals surface area contributed by atoms with Crippen LogP contribution in [0.1, 0.15) is 81.1 Å². The fraction of sp³-hybridized carbons (Fsp3) is 1.00. The van der Waals surface area contributed by atoms with Crippen molar-refractivity contribution in [2.24, 2.45) is 21.1 Å². The van der Waals surface area contributed by atoms with E-state index in [1.807, 2.05) is 13.8 Å². The molecule has 0 amide bonds. The molecule has 2 atom stereocenters. The van der Waals surface area contributed by atoms with Crippen molar-refractivity contribution in [3.8, 4) is 0 Å². The summed E-state index contributed by atoms with van der Waals surface area (Å²) in [6.07, 6.45) is 3.07. The Hall–Kier alpha value is 0.180. The first-order valence-electron chi connectivity index (χ1n) is 7.56. The molecule has 0 heterocycles. The van der Waals surface area contributed by atoms with Crippen LogP contribution in [0.15, 0.2) is 10.2 Å². The van der Waals surface area contributed by atoms with Gasteiger partial charge in [-0.25, -0.2) is 0 Å². The van der Waals surface area contributed by atoms with Crippen molar-refractivity contribution in [1.29, 1.82) is 0 Å². The second-order valence-electron chi connectivity index (χ2n) is 8.22.